The molecule has 21 aliphatic rings. The fraction of sp³-hybridized carbons (Fsp3) is 1.00. The van der Waals surface area contributed by atoms with E-state index in [1.54, 1.807) is 23.5 Å². The first kappa shape index (κ1) is 97.1. The molecule has 35 atom stereocenters. The molecule has 21 saturated heterocycles. The highest BCUT2D eigenvalue weighted by atomic mass is 32.2. The number of aliphatic hydroxyl groups excluding tert-OH is 14. The summed E-state index contributed by atoms with van der Waals surface area (Å²) in [6, 6.07) is 0. The Labute approximate surface area is 685 Å². The second-order valence-corrected chi connectivity index (χ2v) is 39.4. The molecule has 36 heteroatoms. The largest absolute Gasteiger partial charge is 0.387 e. The van der Waals surface area contributed by atoms with E-state index in [1.807, 2.05) is 41.5 Å². The average molecular weight is 1730 g/mol. The standard InChI is InChI=1S/C74H134O28S8/c1-9-17-25-103-33-39-59-46(76)53(83)68(90-39)97-61-41(35-105-27-19-11-3)92-70(55(85)48(61)78)99-63-43(37-107-29-21-13-5)94-72(57(87)50(63)80)101-65-51(81)58(88)73(102-66(65)74(109-31-23-15-7)110-32-24-16-8)100-64-44(38-108-30-22-14-6)93-71(56(86)49(64)79)98-62-42(36-106-28-20-12-4)91-69(54(84)47(62)77)96-60-40(34-104-26-18-10-2)89-67(95-59)52(82)45(60)75/h39-88H,9-38H2,1-8H3/t39-,40-,41-,42-,43-,44-,45-,46-,47-,48-,49-,50-,51-,52-,53-,54-,55-,56-,57-,58-,59-,60-,61-,62-,63-,64-,65+,66+,67-,68-,69-,70-,71-,72-,73+/m1/s1. The molecule has 0 aromatic heterocycles. The van der Waals surface area contributed by atoms with Crippen LogP contribution in [0.15, 0.2) is 0 Å². The number of hydrogen-bond acceptors (Lipinski definition) is 36. The summed E-state index contributed by atoms with van der Waals surface area (Å²) in [5.41, 5.74) is 0. The van der Waals surface area contributed by atoms with Gasteiger partial charge in [0.15, 0.2) is 44.0 Å². The minimum atomic E-state index is -1.95. The van der Waals surface area contributed by atoms with Crippen molar-refractivity contribution in [3.63, 3.8) is 0 Å². The van der Waals surface area contributed by atoms with Gasteiger partial charge in [-0.3, -0.25) is 0 Å². The van der Waals surface area contributed by atoms with Crippen molar-refractivity contribution in [1.29, 1.82) is 0 Å². The lowest BCUT2D eigenvalue weighted by atomic mass is 9.95. The van der Waals surface area contributed by atoms with Gasteiger partial charge in [0.1, 0.15) is 134 Å². The van der Waals surface area contributed by atoms with Crippen LogP contribution in [0.1, 0.15) is 158 Å². The van der Waals surface area contributed by atoms with Gasteiger partial charge >= 0.3 is 0 Å². The molecule has 0 aliphatic carbocycles. The molecule has 0 amide bonds. The van der Waals surface area contributed by atoms with Crippen molar-refractivity contribution in [3.05, 3.63) is 0 Å². The van der Waals surface area contributed by atoms with Gasteiger partial charge in [0.25, 0.3) is 0 Å². The molecular weight excluding hydrogens is 1590 g/mol. The number of hydrogen-bond donors (Lipinski definition) is 14. The average Bonchev–Trinajstić information content (AvgIpc) is 0.767. The number of aliphatic hydroxyl groups is 14. The highest BCUT2D eigenvalue weighted by Crippen LogP contribution is 2.44. The van der Waals surface area contributed by atoms with E-state index in [9.17, 15) is 71.5 Å². The molecule has 21 aliphatic heterocycles. The summed E-state index contributed by atoms with van der Waals surface area (Å²) in [6.45, 7) is 16.3. The Hall–Kier alpha value is 1.68. The maximum absolute atomic E-state index is 12.7. The first-order valence-corrected chi connectivity index (χ1v) is 49.5. The first-order chi connectivity index (χ1) is 53.1. The number of thioether (sulfide) groups is 8. The topological polar surface area (TPSA) is 412 Å². The maximum atomic E-state index is 12.7. The molecule has 0 saturated carbocycles. The quantitative estimate of drug-likeness (QED) is 0.0299. The highest BCUT2D eigenvalue weighted by Gasteiger charge is 2.60. The van der Waals surface area contributed by atoms with Crippen LogP contribution in [0.2, 0.25) is 0 Å². The summed E-state index contributed by atoms with van der Waals surface area (Å²) >= 11 is 11.9. The summed E-state index contributed by atoms with van der Waals surface area (Å²) in [5.74, 6) is 6.00. The molecule has 0 spiro atoms. The van der Waals surface area contributed by atoms with E-state index < -0.39 is 220 Å². The molecule has 14 N–H and O–H groups in total. The fourth-order valence-electron chi connectivity index (χ4n) is 14.0. The van der Waals surface area contributed by atoms with E-state index in [-0.39, 0.29) is 34.5 Å². The monoisotopic (exact) mass is 1730 g/mol. The lowest BCUT2D eigenvalue weighted by Crippen LogP contribution is -2.68. The molecule has 0 unspecified atom stereocenters. The Morgan fingerprint density at radius 2 is 0.364 bits per heavy atom. The second kappa shape index (κ2) is 50.9. The summed E-state index contributed by atoms with van der Waals surface area (Å²) in [4.78, 5) is 0. The van der Waals surface area contributed by atoms with E-state index >= 15 is 0 Å². The number of rotatable bonds is 39. The van der Waals surface area contributed by atoms with Crippen molar-refractivity contribution in [3.8, 4) is 0 Å². The normalized spacial score (nSPS) is 42.4. The molecular formula is C74H134O28S8. The zero-order valence-corrected chi connectivity index (χ0v) is 71.8. The Morgan fingerprint density at radius 3 is 0.555 bits per heavy atom. The smallest absolute Gasteiger partial charge is 0.187 e. The molecule has 0 aromatic carbocycles. The maximum Gasteiger partial charge on any atom is 0.187 e. The van der Waals surface area contributed by atoms with E-state index in [1.165, 1.54) is 70.6 Å². The van der Waals surface area contributed by atoms with Gasteiger partial charge in [-0.05, 0) is 97.4 Å². The van der Waals surface area contributed by atoms with Crippen molar-refractivity contribution in [2.75, 3.05) is 80.5 Å². The van der Waals surface area contributed by atoms with E-state index in [0.717, 1.165) is 103 Å². The van der Waals surface area contributed by atoms with Gasteiger partial charge in [0, 0.05) is 34.5 Å². The predicted molar refractivity (Wildman–Crippen MR) is 431 cm³/mol. The molecule has 14 bridgehead atoms. The van der Waals surface area contributed by atoms with Gasteiger partial charge in [0.2, 0.25) is 0 Å². The molecule has 646 valence electrons. The van der Waals surface area contributed by atoms with E-state index in [4.69, 9.17) is 66.3 Å². The third kappa shape index (κ3) is 26.8. The van der Waals surface area contributed by atoms with Crippen LogP contribution >= 0.6 is 94.1 Å². The van der Waals surface area contributed by atoms with Gasteiger partial charge < -0.3 is 138 Å². The summed E-state index contributed by atoms with van der Waals surface area (Å²) < 4.78 is 92.3. The lowest BCUT2D eigenvalue weighted by Gasteiger charge is -2.51. The van der Waals surface area contributed by atoms with Crippen LogP contribution in [0, 0.1) is 0 Å². The minimum Gasteiger partial charge on any atom is -0.387 e. The van der Waals surface area contributed by atoms with Crippen molar-refractivity contribution >= 4 is 94.1 Å². The van der Waals surface area contributed by atoms with Crippen LogP contribution < -0.4 is 0 Å². The number of unbranched alkanes of at least 4 members (excludes halogenated alkanes) is 8. The lowest BCUT2D eigenvalue weighted by molar-refractivity contribution is -0.389. The van der Waals surface area contributed by atoms with Crippen LogP contribution in [0.4, 0.5) is 0 Å². The van der Waals surface area contributed by atoms with Gasteiger partial charge in [-0.15, -0.1) is 23.5 Å². The Bertz CT molecular complexity index is 2430. The Morgan fingerprint density at radius 1 is 0.200 bits per heavy atom. The second-order valence-electron chi connectivity index (χ2n) is 29.7. The molecule has 0 aromatic rings. The third-order valence-corrected chi connectivity index (χ3v) is 30.7. The van der Waals surface area contributed by atoms with Gasteiger partial charge in [-0.2, -0.15) is 70.6 Å². The molecule has 21 rings (SSSR count). The van der Waals surface area contributed by atoms with E-state index in [2.05, 4.69) is 13.8 Å². The van der Waals surface area contributed by atoms with Crippen molar-refractivity contribution in [1.82, 2.24) is 0 Å². The zero-order valence-electron chi connectivity index (χ0n) is 65.2. The van der Waals surface area contributed by atoms with Crippen molar-refractivity contribution in [2.45, 2.75) is 378 Å². The predicted octanol–water partition coefficient (Wildman–Crippen LogP) is 4.42. The van der Waals surface area contributed by atoms with Crippen LogP contribution in [0.5, 0.6) is 0 Å². The van der Waals surface area contributed by atoms with Crippen LogP contribution in [0.25, 0.3) is 0 Å². The van der Waals surface area contributed by atoms with Crippen LogP contribution in [-0.4, -0.2) is 372 Å². The van der Waals surface area contributed by atoms with Gasteiger partial charge in [-0.25, -0.2) is 0 Å². The van der Waals surface area contributed by atoms with Gasteiger partial charge in [-0.1, -0.05) is 107 Å². The van der Waals surface area contributed by atoms with Crippen LogP contribution in [0.3, 0.4) is 0 Å². The Balaban J connectivity index is 1.22. The Kier molecular flexibility index (Phi) is 45.0. The third-order valence-electron chi connectivity index (χ3n) is 20.8. The minimum absolute atomic E-state index is 0.134. The van der Waals surface area contributed by atoms with Crippen molar-refractivity contribution in [2.24, 2.45) is 0 Å². The molecule has 21 fully saturated rings. The highest BCUT2D eigenvalue weighted by molar-refractivity contribution is 8.17. The van der Waals surface area contributed by atoms with Crippen LogP contribution in [-0.2, 0) is 66.3 Å². The van der Waals surface area contributed by atoms with Gasteiger partial charge in [0.05, 0.1) is 41.2 Å². The zero-order chi connectivity index (χ0) is 79.6. The summed E-state index contributed by atoms with van der Waals surface area (Å²) in [6.07, 6.45) is -43.6. The molecule has 0 radical (unpaired) electrons. The number of ether oxygens (including phenoxy) is 14. The molecule has 21 heterocycles. The van der Waals surface area contributed by atoms with E-state index in [0.29, 0.717) is 46.0 Å². The first-order valence-electron chi connectivity index (χ1n) is 40.5. The fourth-order valence-corrected chi connectivity index (χ4v) is 24.1. The summed E-state index contributed by atoms with van der Waals surface area (Å²) in [7, 11) is 0. The molecule has 28 nitrogen and oxygen atoms in total. The van der Waals surface area contributed by atoms with Crippen molar-refractivity contribution < 1.29 is 138 Å². The summed E-state index contributed by atoms with van der Waals surface area (Å²) in [5, 5.41) is 174. The SMILES string of the molecule is CCCCSC[C@H]1O[C@@H]2O[C@H]3[C@H](O)[C@@H](O)[C@@H](O[C@H]4[C@H](O)[C@@H](O)[C@@H](O[C@H]5[C@H](O)[C@@H](O)[C@@H](O[C@H]6[C@H](O)[C@@H](O)[C@@H](O[C@H]7[C@H](O)[C@@H](O)[C@@H](O[C@H]8[C@H](O)[C@@H](O)[C@@H](O[C@H]1[C@H](O)[C@H]2O)O[C@@H]8C(SCCCC)SCCCC)O[C@@H]7CSCCCC)O[C@@H]6CSCCCC)O[C@@H]5CSCCCC)O[C@@H]4CSCCCC)O[C@@H]3CSCCCC. The molecule has 110 heavy (non-hydrogen) atoms.